The fourth-order valence-corrected chi connectivity index (χ4v) is 2.08. The van der Waals surface area contributed by atoms with Crippen LogP contribution in [0.25, 0.3) is 0 Å². The maximum atomic E-state index is 3.70. The number of nitrogens with one attached hydrogen (secondary N) is 1. The second-order valence-corrected chi connectivity index (χ2v) is 5.18. The predicted molar refractivity (Wildman–Crippen MR) is 63.5 cm³/mol. The van der Waals surface area contributed by atoms with Gasteiger partial charge in [0.1, 0.15) is 0 Å². The molecule has 1 saturated carbocycles. The predicted octanol–water partition coefficient (Wildman–Crippen LogP) is 3.73. The minimum absolute atomic E-state index is 0.649. The van der Waals surface area contributed by atoms with E-state index in [2.05, 4.69) is 26.1 Å². The Morgan fingerprint density at radius 3 is 2.43 bits per heavy atom. The van der Waals surface area contributed by atoms with Gasteiger partial charge in [-0.05, 0) is 25.2 Å². The third-order valence-electron chi connectivity index (χ3n) is 3.10. The summed E-state index contributed by atoms with van der Waals surface area (Å²) in [6.07, 6.45) is 9.97. The molecule has 0 heterocycles. The van der Waals surface area contributed by atoms with E-state index in [0.29, 0.717) is 6.04 Å². The second-order valence-electron chi connectivity index (χ2n) is 5.18. The van der Waals surface area contributed by atoms with Crippen molar-refractivity contribution < 1.29 is 0 Å². The number of hydrogen-bond acceptors (Lipinski definition) is 1. The SMILES string of the molecule is CCCCC(CCC1CC1)NC(C)C. The van der Waals surface area contributed by atoms with Gasteiger partial charge < -0.3 is 5.32 Å². The van der Waals surface area contributed by atoms with E-state index in [1.807, 2.05) is 0 Å². The average Bonchev–Trinajstić information content (AvgIpc) is 2.92. The van der Waals surface area contributed by atoms with Crippen molar-refractivity contribution in [3.05, 3.63) is 0 Å². The fraction of sp³-hybridized carbons (Fsp3) is 1.00. The van der Waals surface area contributed by atoms with Crippen molar-refractivity contribution in [1.82, 2.24) is 5.32 Å². The van der Waals surface area contributed by atoms with Gasteiger partial charge in [0.2, 0.25) is 0 Å². The first kappa shape index (κ1) is 12.0. The van der Waals surface area contributed by atoms with Crippen LogP contribution in [0, 0.1) is 5.92 Å². The van der Waals surface area contributed by atoms with E-state index in [9.17, 15) is 0 Å². The molecule has 1 aliphatic rings. The van der Waals surface area contributed by atoms with Crippen LogP contribution in [0.2, 0.25) is 0 Å². The van der Waals surface area contributed by atoms with Crippen LogP contribution in [0.4, 0.5) is 0 Å². The van der Waals surface area contributed by atoms with E-state index in [1.54, 1.807) is 0 Å². The largest absolute Gasteiger partial charge is 0.312 e. The van der Waals surface area contributed by atoms with Crippen molar-refractivity contribution in [2.75, 3.05) is 0 Å². The Morgan fingerprint density at radius 1 is 1.21 bits per heavy atom. The molecule has 0 radical (unpaired) electrons. The summed E-state index contributed by atoms with van der Waals surface area (Å²) in [5.41, 5.74) is 0. The van der Waals surface area contributed by atoms with Crippen LogP contribution in [0.1, 0.15) is 65.7 Å². The van der Waals surface area contributed by atoms with Crippen LogP contribution in [-0.2, 0) is 0 Å². The lowest BCUT2D eigenvalue weighted by Crippen LogP contribution is -2.34. The molecule has 0 aromatic rings. The molecule has 0 amide bonds. The molecule has 1 heteroatoms. The van der Waals surface area contributed by atoms with E-state index >= 15 is 0 Å². The van der Waals surface area contributed by atoms with Crippen LogP contribution < -0.4 is 5.32 Å². The minimum atomic E-state index is 0.649. The summed E-state index contributed by atoms with van der Waals surface area (Å²) in [4.78, 5) is 0. The summed E-state index contributed by atoms with van der Waals surface area (Å²) in [5.74, 6) is 1.09. The number of hydrogen-bond donors (Lipinski definition) is 1. The summed E-state index contributed by atoms with van der Waals surface area (Å²) in [6.45, 7) is 6.81. The molecule has 84 valence electrons. The molecular weight excluding hydrogens is 170 g/mol. The maximum absolute atomic E-state index is 3.70. The van der Waals surface area contributed by atoms with E-state index in [0.717, 1.165) is 12.0 Å². The van der Waals surface area contributed by atoms with E-state index < -0.39 is 0 Å². The zero-order chi connectivity index (χ0) is 10.4. The van der Waals surface area contributed by atoms with Gasteiger partial charge >= 0.3 is 0 Å². The van der Waals surface area contributed by atoms with E-state index in [4.69, 9.17) is 0 Å². The molecule has 0 aromatic carbocycles. The molecule has 1 nitrogen and oxygen atoms in total. The molecule has 1 aliphatic carbocycles. The summed E-state index contributed by atoms with van der Waals surface area (Å²) in [7, 11) is 0. The van der Waals surface area contributed by atoms with E-state index in [1.165, 1.54) is 44.9 Å². The van der Waals surface area contributed by atoms with Crippen LogP contribution in [0.3, 0.4) is 0 Å². The molecule has 1 unspecified atom stereocenters. The summed E-state index contributed by atoms with van der Waals surface area (Å²) in [6, 6.07) is 1.44. The molecule has 1 N–H and O–H groups in total. The molecule has 0 spiro atoms. The molecule has 0 saturated heterocycles. The first-order valence-corrected chi connectivity index (χ1v) is 6.48. The van der Waals surface area contributed by atoms with Crippen LogP contribution in [0.15, 0.2) is 0 Å². The third kappa shape index (κ3) is 5.64. The highest BCUT2D eigenvalue weighted by Gasteiger charge is 2.22. The van der Waals surface area contributed by atoms with Crippen molar-refractivity contribution >= 4 is 0 Å². The van der Waals surface area contributed by atoms with E-state index in [-0.39, 0.29) is 0 Å². The van der Waals surface area contributed by atoms with Gasteiger partial charge in [0, 0.05) is 12.1 Å². The van der Waals surface area contributed by atoms with Crippen molar-refractivity contribution in [2.45, 2.75) is 77.8 Å². The Balaban J connectivity index is 2.12. The second kappa shape index (κ2) is 6.44. The molecular formula is C13H27N. The topological polar surface area (TPSA) is 12.0 Å². The Hall–Kier alpha value is -0.0400. The number of rotatable bonds is 8. The van der Waals surface area contributed by atoms with Gasteiger partial charge in [0.25, 0.3) is 0 Å². The van der Waals surface area contributed by atoms with Crippen molar-refractivity contribution in [3.63, 3.8) is 0 Å². The van der Waals surface area contributed by atoms with Gasteiger partial charge in [-0.15, -0.1) is 0 Å². The Bertz CT molecular complexity index is 138. The molecule has 0 aliphatic heterocycles. The molecule has 1 fully saturated rings. The van der Waals surface area contributed by atoms with Crippen molar-refractivity contribution in [2.24, 2.45) is 5.92 Å². The van der Waals surface area contributed by atoms with Crippen molar-refractivity contribution in [3.8, 4) is 0 Å². The molecule has 0 bridgehead atoms. The van der Waals surface area contributed by atoms with Gasteiger partial charge in [-0.2, -0.15) is 0 Å². The highest BCUT2D eigenvalue weighted by atomic mass is 14.9. The minimum Gasteiger partial charge on any atom is -0.312 e. The standard InChI is InChI=1S/C13H27N/c1-4-5-6-13(14-11(2)3)10-9-12-7-8-12/h11-14H,4-10H2,1-3H3. The van der Waals surface area contributed by atoms with Gasteiger partial charge in [-0.3, -0.25) is 0 Å². The number of unbranched alkanes of at least 4 members (excludes halogenated alkanes) is 1. The zero-order valence-corrected chi connectivity index (χ0v) is 10.2. The highest BCUT2D eigenvalue weighted by molar-refractivity contribution is 4.77. The van der Waals surface area contributed by atoms with Gasteiger partial charge in [0.15, 0.2) is 0 Å². The zero-order valence-electron chi connectivity index (χ0n) is 10.2. The van der Waals surface area contributed by atoms with Crippen LogP contribution in [0.5, 0.6) is 0 Å². The highest BCUT2D eigenvalue weighted by Crippen LogP contribution is 2.34. The van der Waals surface area contributed by atoms with Crippen LogP contribution in [-0.4, -0.2) is 12.1 Å². The molecule has 0 aromatic heterocycles. The Kier molecular flexibility index (Phi) is 5.54. The molecule has 1 rings (SSSR count). The summed E-state index contributed by atoms with van der Waals surface area (Å²) in [5, 5.41) is 3.70. The van der Waals surface area contributed by atoms with Crippen LogP contribution >= 0.6 is 0 Å². The lowest BCUT2D eigenvalue weighted by Gasteiger charge is -2.21. The van der Waals surface area contributed by atoms with Crippen molar-refractivity contribution in [1.29, 1.82) is 0 Å². The normalized spacial score (nSPS) is 18.9. The lowest BCUT2D eigenvalue weighted by molar-refractivity contribution is 0.390. The van der Waals surface area contributed by atoms with Gasteiger partial charge in [0.05, 0.1) is 0 Å². The Labute approximate surface area is 89.7 Å². The first-order chi connectivity index (χ1) is 6.72. The van der Waals surface area contributed by atoms with Gasteiger partial charge in [-0.1, -0.05) is 46.5 Å². The average molecular weight is 197 g/mol. The monoisotopic (exact) mass is 197 g/mol. The third-order valence-corrected chi connectivity index (χ3v) is 3.10. The van der Waals surface area contributed by atoms with Gasteiger partial charge in [-0.25, -0.2) is 0 Å². The quantitative estimate of drug-likeness (QED) is 0.625. The smallest absolute Gasteiger partial charge is 0.00695 e. The summed E-state index contributed by atoms with van der Waals surface area (Å²) >= 11 is 0. The Morgan fingerprint density at radius 2 is 1.93 bits per heavy atom. The fourth-order valence-electron chi connectivity index (χ4n) is 2.08. The summed E-state index contributed by atoms with van der Waals surface area (Å²) < 4.78 is 0. The maximum Gasteiger partial charge on any atom is 0.00695 e. The molecule has 14 heavy (non-hydrogen) atoms. The lowest BCUT2D eigenvalue weighted by atomic mass is 10.0. The first-order valence-electron chi connectivity index (χ1n) is 6.48. The molecule has 1 atom stereocenters.